The SMILES string of the molecule is C[C@@H](OC(=O)CCCn1cnc2c1c(=O)n(C)c(=O)n2C)C(N)=O. The van der Waals surface area contributed by atoms with Crippen molar-refractivity contribution in [1.82, 2.24) is 18.7 Å². The third-order valence-electron chi connectivity index (χ3n) is 3.71. The standard InChI is InChI=1S/C14H19N5O5/c1-8(11(15)21)24-9(20)5-4-6-19-7-16-12-10(19)13(22)18(3)14(23)17(12)2/h7-8H,4-6H2,1-3H3,(H2,15,21)/t8-/m1/s1. The lowest BCUT2D eigenvalue weighted by Crippen LogP contribution is -2.37. The molecule has 10 nitrogen and oxygen atoms in total. The zero-order valence-corrected chi connectivity index (χ0v) is 13.7. The number of carbonyl (C=O) groups excluding carboxylic acids is 2. The molecular weight excluding hydrogens is 318 g/mol. The number of nitrogens with two attached hydrogens (primary N) is 1. The zero-order chi connectivity index (χ0) is 18.0. The van der Waals surface area contributed by atoms with Crippen LogP contribution in [0.5, 0.6) is 0 Å². The highest BCUT2D eigenvalue weighted by molar-refractivity contribution is 5.81. The topological polar surface area (TPSA) is 131 Å². The molecule has 0 radical (unpaired) electrons. The van der Waals surface area contributed by atoms with E-state index in [1.54, 1.807) is 4.57 Å². The van der Waals surface area contributed by atoms with Crippen molar-refractivity contribution in [1.29, 1.82) is 0 Å². The van der Waals surface area contributed by atoms with Crippen LogP contribution in [-0.2, 0) is 35.0 Å². The summed E-state index contributed by atoms with van der Waals surface area (Å²) in [5.74, 6) is -1.26. The second-order valence-corrected chi connectivity index (χ2v) is 5.45. The van der Waals surface area contributed by atoms with E-state index < -0.39 is 29.2 Å². The number of fused-ring (bicyclic) bond motifs is 1. The number of esters is 1. The van der Waals surface area contributed by atoms with Gasteiger partial charge in [-0.1, -0.05) is 0 Å². The highest BCUT2D eigenvalue weighted by Crippen LogP contribution is 2.08. The summed E-state index contributed by atoms with van der Waals surface area (Å²) in [4.78, 5) is 50.6. The molecule has 0 saturated carbocycles. The molecule has 130 valence electrons. The van der Waals surface area contributed by atoms with E-state index in [9.17, 15) is 19.2 Å². The molecule has 0 spiro atoms. The van der Waals surface area contributed by atoms with Crippen LogP contribution in [0.2, 0.25) is 0 Å². The summed E-state index contributed by atoms with van der Waals surface area (Å²) in [7, 11) is 2.92. The molecule has 0 aliphatic carbocycles. The Morgan fingerprint density at radius 2 is 1.96 bits per heavy atom. The predicted molar refractivity (Wildman–Crippen MR) is 84.2 cm³/mol. The van der Waals surface area contributed by atoms with E-state index in [0.717, 1.165) is 4.57 Å². The first kappa shape index (κ1) is 17.4. The Labute approximate surface area is 136 Å². The molecule has 2 aromatic rings. The van der Waals surface area contributed by atoms with Crippen molar-refractivity contribution in [3.63, 3.8) is 0 Å². The number of rotatable bonds is 6. The Balaban J connectivity index is 2.12. The van der Waals surface area contributed by atoms with Gasteiger partial charge in [-0.05, 0) is 13.3 Å². The second-order valence-electron chi connectivity index (χ2n) is 5.45. The van der Waals surface area contributed by atoms with E-state index in [-0.39, 0.29) is 12.1 Å². The Hall–Kier alpha value is -2.91. The van der Waals surface area contributed by atoms with E-state index >= 15 is 0 Å². The highest BCUT2D eigenvalue weighted by atomic mass is 16.5. The largest absolute Gasteiger partial charge is 0.453 e. The summed E-state index contributed by atoms with van der Waals surface area (Å²) < 4.78 is 8.72. The number of imidazole rings is 1. The van der Waals surface area contributed by atoms with Gasteiger partial charge < -0.3 is 15.0 Å². The number of amides is 1. The molecule has 2 aromatic heterocycles. The van der Waals surface area contributed by atoms with Crippen LogP contribution in [0.15, 0.2) is 15.9 Å². The van der Waals surface area contributed by atoms with Gasteiger partial charge >= 0.3 is 11.7 Å². The third kappa shape index (κ3) is 3.21. The number of hydrogen-bond donors (Lipinski definition) is 1. The van der Waals surface area contributed by atoms with Crippen LogP contribution >= 0.6 is 0 Å². The lowest BCUT2D eigenvalue weighted by Gasteiger charge is -2.10. The summed E-state index contributed by atoms with van der Waals surface area (Å²) in [6.07, 6.45) is 0.905. The van der Waals surface area contributed by atoms with Crippen LogP contribution < -0.4 is 17.0 Å². The molecule has 0 unspecified atom stereocenters. The Kier molecular flexibility index (Phi) is 4.86. The first-order chi connectivity index (χ1) is 11.2. The quantitative estimate of drug-likeness (QED) is 0.647. The van der Waals surface area contributed by atoms with Crippen LogP contribution in [0.4, 0.5) is 0 Å². The van der Waals surface area contributed by atoms with E-state index in [1.807, 2.05) is 0 Å². The van der Waals surface area contributed by atoms with Crippen molar-refractivity contribution in [3.05, 3.63) is 27.2 Å². The Bertz CT molecular complexity index is 907. The molecule has 0 aliphatic heterocycles. The van der Waals surface area contributed by atoms with Gasteiger partial charge in [0, 0.05) is 27.1 Å². The van der Waals surface area contributed by atoms with E-state index in [4.69, 9.17) is 10.5 Å². The Morgan fingerprint density at radius 1 is 1.29 bits per heavy atom. The minimum absolute atomic E-state index is 0.0589. The average molecular weight is 337 g/mol. The molecule has 0 aliphatic rings. The van der Waals surface area contributed by atoms with Crippen molar-refractivity contribution >= 4 is 23.0 Å². The van der Waals surface area contributed by atoms with Gasteiger partial charge in [-0.2, -0.15) is 0 Å². The van der Waals surface area contributed by atoms with Gasteiger partial charge in [-0.15, -0.1) is 0 Å². The summed E-state index contributed by atoms with van der Waals surface area (Å²) in [6, 6.07) is 0. The Morgan fingerprint density at radius 3 is 2.58 bits per heavy atom. The lowest BCUT2D eigenvalue weighted by molar-refractivity contribution is -0.153. The smallest absolute Gasteiger partial charge is 0.332 e. The number of hydrogen-bond acceptors (Lipinski definition) is 6. The molecule has 2 heterocycles. The van der Waals surface area contributed by atoms with Crippen LogP contribution in [0.25, 0.3) is 11.2 Å². The molecule has 2 N–H and O–H groups in total. The number of primary amides is 1. The van der Waals surface area contributed by atoms with Crippen molar-refractivity contribution < 1.29 is 14.3 Å². The van der Waals surface area contributed by atoms with Gasteiger partial charge in [0.05, 0.1) is 6.33 Å². The van der Waals surface area contributed by atoms with Gasteiger partial charge in [0.1, 0.15) is 0 Å². The molecule has 10 heteroatoms. The van der Waals surface area contributed by atoms with Gasteiger partial charge in [0.25, 0.3) is 11.5 Å². The molecule has 0 bridgehead atoms. The first-order valence-electron chi connectivity index (χ1n) is 7.33. The number of aromatic nitrogens is 4. The molecular formula is C14H19N5O5. The molecule has 0 fully saturated rings. The molecule has 2 rings (SSSR count). The van der Waals surface area contributed by atoms with Gasteiger partial charge in [-0.3, -0.25) is 23.5 Å². The fourth-order valence-electron chi connectivity index (χ4n) is 2.27. The monoisotopic (exact) mass is 337 g/mol. The van der Waals surface area contributed by atoms with Crippen molar-refractivity contribution in [2.45, 2.75) is 32.4 Å². The maximum Gasteiger partial charge on any atom is 0.332 e. The minimum atomic E-state index is -0.978. The highest BCUT2D eigenvalue weighted by Gasteiger charge is 2.16. The van der Waals surface area contributed by atoms with E-state index in [2.05, 4.69) is 4.98 Å². The molecule has 1 atom stereocenters. The fourth-order valence-corrected chi connectivity index (χ4v) is 2.27. The lowest BCUT2D eigenvalue weighted by atomic mass is 10.3. The zero-order valence-electron chi connectivity index (χ0n) is 13.7. The number of carbonyl (C=O) groups is 2. The van der Waals surface area contributed by atoms with Crippen molar-refractivity contribution in [2.75, 3.05) is 0 Å². The van der Waals surface area contributed by atoms with Crippen LogP contribution in [0.1, 0.15) is 19.8 Å². The maximum atomic E-state index is 12.2. The number of ether oxygens (including phenoxy) is 1. The fraction of sp³-hybridized carbons (Fsp3) is 0.500. The van der Waals surface area contributed by atoms with Gasteiger partial charge in [0.2, 0.25) is 0 Å². The third-order valence-corrected chi connectivity index (χ3v) is 3.71. The molecule has 24 heavy (non-hydrogen) atoms. The molecule has 0 saturated heterocycles. The van der Waals surface area contributed by atoms with E-state index in [0.29, 0.717) is 18.5 Å². The molecule has 1 amide bonds. The van der Waals surface area contributed by atoms with Crippen LogP contribution in [-0.4, -0.2) is 36.7 Å². The van der Waals surface area contributed by atoms with Gasteiger partial charge in [0.15, 0.2) is 17.3 Å². The van der Waals surface area contributed by atoms with Crippen molar-refractivity contribution in [3.8, 4) is 0 Å². The minimum Gasteiger partial charge on any atom is -0.453 e. The predicted octanol–water partition coefficient (Wildman–Crippen LogP) is -1.37. The molecule has 0 aromatic carbocycles. The summed E-state index contributed by atoms with van der Waals surface area (Å²) in [6.45, 7) is 1.73. The van der Waals surface area contributed by atoms with Crippen LogP contribution in [0, 0.1) is 0 Å². The average Bonchev–Trinajstić information content (AvgIpc) is 2.94. The summed E-state index contributed by atoms with van der Waals surface area (Å²) in [5, 5.41) is 0. The maximum absolute atomic E-state index is 12.2. The number of aryl methyl sites for hydroxylation is 2. The normalized spacial score (nSPS) is 12.3. The second kappa shape index (κ2) is 6.69. The first-order valence-corrected chi connectivity index (χ1v) is 7.33. The van der Waals surface area contributed by atoms with Gasteiger partial charge in [-0.25, -0.2) is 9.78 Å². The summed E-state index contributed by atoms with van der Waals surface area (Å²) in [5.41, 5.74) is 4.69. The van der Waals surface area contributed by atoms with Crippen LogP contribution in [0.3, 0.4) is 0 Å². The van der Waals surface area contributed by atoms with E-state index in [1.165, 1.54) is 31.9 Å². The summed E-state index contributed by atoms with van der Waals surface area (Å²) >= 11 is 0. The van der Waals surface area contributed by atoms with Crippen molar-refractivity contribution in [2.24, 2.45) is 19.8 Å². The number of nitrogens with zero attached hydrogens (tertiary/aromatic N) is 4.